The smallest absolute Gasteiger partial charge is 0.273 e. The van der Waals surface area contributed by atoms with E-state index >= 15 is 0 Å². The van der Waals surface area contributed by atoms with Gasteiger partial charge >= 0.3 is 0 Å². The first-order valence-corrected chi connectivity index (χ1v) is 8.76. The number of anilines is 1. The van der Waals surface area contributed by atoms with Crippen LogP contribution >= 0.6 is 0 Å². The third kappa shape index (κ3) is 4.04. The van der Waals surface area contributed by atoms with Crippen molar-refractivity contribution < 1.29 is 4.79 Å². The Hall–Kier alpha value is -4.01. The number of hydrogen-bond donors (Lipinski definition) is 2. The number of hydrogen-bond acceptors (Lipinski definition) is 6. The molecule has 0 saturated heterocycles. The Labute approximate surface area is 161 Å². The fourth-order valence-electron chi connectivity index (χ4n) is 2.55. The van der Waals surface area contributed by atoms with Gasteiger partial charge in [-0.2, -0.15) is 9.90 Å². The summed E-state index contributed by atoms with van der Waals surface area (Å²) in [6, 6.07) is 17.0. The monoisotopic (exact) mass is 374 g/mol. The van der Waals surface area contributed by atoms with Crippen LogP contribution in [0.1, 0.15) is 10.5 Å². The topological polar surface area (TPSA) is 103 Å². The molecule has 2 N–H and O–H groups in total. The number of carbonyl (C=O) groups is 1. The van der Waals surface area contributed by atoms with Crippen LogP contribution in [0.2, 0.25) is 0 Å². The first kappa shape index (κ1) is 17.4. The van der Waals surface area contributed by atoms with Gasteiger partial charge in [-0.1, -0.05) is 18.2 Å². The lowest BCUT2D eigenvalue weighted by Crippen LogP contribution is -2.29. The van der Waals surface area contributed by atoms with E-state index in [1.165, 1.54) is 11.0 Å². The van der Waals surface area contributed by atoms with Crippen LogP contribution in [0.25, 0.3) is 11.5 Å². The van der Waals surface area contributed by atoms with Crippen molar-refractivity contribution in [3.8, 4) is 11.5 Å². The molecule has 0 aliphatic rings. The van der Waals surface area contributed by atoms with Crippen molar-refractivity contribution in [3.05, 3.63) is 78.9 Å². The molecular weight excluding hydrogens is 356 g/mol. The Morgan fingerprint density at radius 1 is 0.929 bits per heavy atom. The maximum Gasteiger partial charge on any atom is 0.273 e. The second-order valence-corrected chi connectivity index (χ2v) is 5.90. The maximum absolute atomic E-state index is 12.2. The molecule has 28 heavy (non-hydrogen) atoms. The summed E-state index contributed by atoms with van der Waals surface area (Å²) < 4.78 is 1.87. The highest BCUT2D eigenvalue weighted by Gasteiger charge is 2.10. The number of nitrogens with zero attached hydrogens (tertiary/aromatic N) is 6. The molecule has 0 saturated carbocycles. The van der Waals surface area contributed by atoms with Crippen LogP contribution in [0.5, 0.6) is 0 Å². The van der Waals surface area contributed by atoms with Crippen LogP contribution in [0, 0.1) is 0 Å². The van der Waals surface area contributed by atoms with Gasteiger partial charge in [-0.05, 0) is 36.4 Å². The van der Waals surface area contributed by atoms with E-state index in [1.54, 1.807) is 0 Å². The highest BCUT2D eigenvalue weighted by atomic mass is 16.2. The number of benzene rings is 1. The average Bonchev–Trinajstić information content (AvgIpc) is 3.45. The van der Waals surface area contributed by atoms with E-state index in [4.69, 9.17) is 0 Å². The van der Waals surface area contributed by atoms with E-state index < -0.39 is 0 Å². The van der Waals surface area contributed by atoms with Crippen molar-refractivity contribution in [2.24, 2.45) is 0 Å². The van der Waals surface area contributed by atoms with Crippen LogP contribution in [0.3, 0.4) is 0 Å². The van der Waals surface area contributed by atoms with Crippen molar-refractivity contribution in [3.63, 3.8) is 0 Å². The zero-order valence-electron chi connectivity index (χ0n) is 14.9. The molecule has 4 rings (SSSR count). The van der Waals surface area contributed by atoms with E-state index in [0.29, 0.717) is 18.9 Å². The van der Waals surface area contributed by atoms with Gasteiger partial charge in [-0.15, -0.1) is 15.3 Å². The molecule has 1 amide bonds. The van der Waals surface area contributed by atoms with Gasteiger partial charge in [0.1, 0.15) is 5.82 Å². The predicted molar refractivity (Wildman–Crippen MR) is 104 cm³/mol. The lowest BCUT2D eigenvalue weighted by molar-refractivity contribution is 0.0950. The fraction of sp³-hybridized carbons (Fsp3) is 0.105. The number of aromatic nitrogens is 6. The lowest BCUT2D eigenvalue weighted by Gasteiger charge is -2.07. The minimum absolute atomic E-state index is 0.264. The summed E-state index contributed by atoms with van der Waals surface area (Å²) in [5.74, 6) is 1.10. The van der Waals surface area contributed by atoms with Gasteiger partial charge in [0, 0.05) is 25.5 Å². The molecule has 0 fully saturated rings. The maximum atomic E-state index is 12.2. The molecule has 9 heteroatoms. The second kappa shape index (κ2) is 8.12. The van der Waals surface area contributed by atoms with Gasteiger partial charge in [0.2, 0.25) is 0 Å². The summed E-state index contributed by atoms with van der Waals surface area (Å²) in [4.78, 5) is 13.6. The Bertz CT molecular complexity index is 1030. The van der Waals surface area contributed by atoms with Crippen LogP contribution in [0.4, 0.5) is 5.82 Å². The largest absolute Gasteiger partial charge is 0.367 e. The van der Waals surface area contributed by atoms with Gasteiger partial charge in [0.15, 0.2) is 11.5 Å². The normalized spacial score (nSPS) is 10.6. The number of carbonyl (C=O) groups excluding carboxylic acids is 1. The molecule has 0 bridgehead atoms. The Balaban J connectivity index is 1.25. The zero-order chi connectivity index (χ0) is 19.2. The summed E-state index contributed by atoms with van der Waals surface area (Å²) in [5, 5.41) is 22.5. The zero-order valence-corrected chi connectivity index (χ0v) is 14.9. The van der Waals surface area contributed by atoms with E-state index in [-0.39, 0.29) is 11.6 Å². The SMILES string of the molecule is O=C(NCCNc1ccc(-n2cccc2)nn1)c1cnn(-c2ccccc2)n1. The molecular formula is C19H18N8O. The second-order valence-electron chi connectivity index (χ2n) is 5.90. The predicted octanol–water partition coefficient (Wildman–Crippen LogP) is 1.69. The molecule has 3 heterocycles. The minimum atomic E-state index is -0.280. The first-order valence-electron chi connectivity index (χ1n) is 8.76. The summed E-state index contributed by atoms with van der Waals surface area (Å²) in [7, 11) is 0. The quantitative estimate of drug-likeness (QED) is 0.477. The molecule has 0 radical (unpaired) electrons. The molecule has 0 unspecified atom stereocenters. The Morgan fingerprint density at radius 2 is 1.75 bits per heavy atom. The lowest BCUT2D eigenvalue weighted by atomic mass is 10.3. The van der Waals surface area contributed by atoms with Crippen molar-refractivity contribution in [2.75, 3.05) is 18.4 Å². The van der Waals surface area contributed by atoms with Gasteiger partial charge in [-0.3, -0.25) is 4.79 Å². The molecule has 9 nitrogen and oxygen atoms in total. The van der Waals surface area contributed by atoms with Gasteiger partial charge < -0.3 is 15.2 Å². The van der Waals surface area contributed by atoms with Crippen LogP contribution in [-0.2, 0) is 0 Å². The molecule has 0 spiro atoms. The highest BCUT2D eigenvalue weighted by molar-refractivity contribution is 5.91. The van der Waals surface area contributed by atoms with Crippen molar-refractivity contribution in [1.29, 1.82) is 0 Å². The number of rotatable bonds is 7. The molecule has 0 aliphatic heterocycles. The number of nitrogens with one attached hydrogen (secondary N) is 2. The van der Waals surface area contributed by atoms with Gasteiger partial charge in [0.25, 0.3) is 5.91 Å². The summed E-state index contributed by atoms with van der Waals surface area (Å²) in [6.07, 6.45) is 5.25. The third-order valence-corrected chi connectivity index (χ3v) is 3.95. The fourth-order valence-corrected chi connectivity index (χ4v) is 2.55. The average molecular weight is 374 g/mol. The Morgan fingerprint density at radius 3 is 2.50 bits per heavy atom. The molecule has 0 aliphatic carbocycles. The van der Waals surface area contributed by atoms with E-state index in [0.717, 1.165) is 11.5 Å². The van der Waals surface area contributed by atoms with Crippen LogP contribution in [0.15, 0.2) is 73.2 Å². The molecule has 1 aromatic carbocycles. The summed E-state index contributed by atoms with van der Waals surface area (Å²) in [6.45, 7) is 0.925. The summed E-state index contributed by atoms with van der Waals surface area (Å²) in [5.41, 5.74) is 1.06. The van der Waals surface area contributed by atoms with Crippen LogP contribution in [-0.4, -0.2) is 48.8 Å². The third-order valence-electron chi connectivity index (χ3n) is 3.95. The molecule has 0 atom stereocenters. The molecule has 4 aromatic rings. The number of amides is 1. The summed E-state index contributed by atoms with van der Waals surface area (Å²) >= 11 is 0. The van der Waals surface area contributed by atoms with Gasteiger partial charge in [-0.25, -0.2) is 0 Å². The highest BCUT2D eigenvalue weighted by Crippen LogP contribution is 2.07. The van der Waals surface area contributed by atoms with Crippen molar-refractivity contribution >= 4 is 11.7 Å². The van der Waals surface area contributed by atoms with Crippen LogP contribution < -0.4 is 10.6 Å². The standard InChI is InChI=1S/C19H18N8O/c28-19(16-14-22-27(25-16)15-6-2-1-3-7-15)21-11-10-20-17-8-9-18(24-23-17)26-12-4-5-13-26/h1-9,12-14H,10-11H2,(H,20,23)(H,21,28). The molecule has 3 aromatic heterocycles. The van der Waals surface area contributed by atoms with Crippen molar-refractivity contribution in [2.45, 2.75) is 0 Å². The first-order chi connectivity index (χ1) is 13.8. The van der Waals surface area contributed by atoms with Gasteiger partial charge in [0.05, 0.1) is 11.9 Å². The van der Waals surface area contributed by atoms with E-state index in [1.807, 2.05) is 71.6 Å². The Kier molecular flexibility index (Phi) is 5.05. The van der Waals surface area contributed by atoms with Crippen molar-refractivity contribution in [1.82, 2.24) is 35.1 Å². The molecule has 140 valence electrons. The minimum Gasteiger partial charge on any atom is -0.367 e. The van der Waals surface area contributed by atoms with E-state index in [2.05, 4.69) is 31.0 Å². The van der Waals surface area contributed by atoms with E-state index in [9.17, 15) is 4.79 Å². The number of para-hydroxylation sites is 1.